The van der Waals surface area contributed by atoms with Gasteiger partial charge in [0, 0.05) is 49.9 Å². The second kappa shape index (κ2) is 9.41. The maximum Gasteiger partial charge on any atom is 0.245 e. The third kappa shape index (κ3) is 4.25. The van der Waals surface area contributed by atoms with Crippen molar-refractivity contribution >= 4 is 11.8 Å². The van der Waals surface area contributed by atoms with Crippen LogP contribution < -0.4 is 0 Å². The first-order valence-electron chi connectivity index (χ1n) is 11.3. The molecule has 4 rings (SSSR count). The zero-order valence-electron chi connectivity index (χ0n) is 17.8. The summed E-state index contributed by atoms with van der Waals surface area (Å²) < 4.78 is 0. The number of carbonyl (C=O) groups is 2. The molecule has 0 N–H and O–H groups in total. The van der Waals surface area contributed by atoms with Gasteiger partial charge in [0.1, 0.15) is 6.04 Å². The minimum absolute atomic E-state index is 0.0894. The zero-order chi connectivity index (χ0) is 20.9. The summed E-state index contributed by atoms with van der Waals surface area (Å²) in [5.74, 6) is 0.364. The molecule has 2 aliphatic rings. The number of pyridine rings is 1. The predicted molar refractivity (Wildman–Crippen MR) is 118 cm³/mol. The molecule has 30 heavy (non-hydrogen) atoms. The Labute approximate surface area is 179 Å². The fraction of sp³-hybridized carbons (Fsp3) is 0.480. The van der Waals surface area contributed by atoms with E-state index in [-0.39, 0.29) is 17.7 Å². The fourth-order valence-corrected chi connectivity index (χ4v) is 4.91. The van der Waals surface area contributed by atoms with E-state index in [4.69, 9.17) is 0 Å². The number of rotatable bonds is 6. The molecule has 158 valence electrons. The first-order chi connectivity index (χ1) is 14.7. The van der Waals surface area contributed by atoms with Crippen LogP contribution in [0.3, 0.4) is 0 Å². The Morgan fingerprint density at radius 1 is 1.10 bits per heavy atom. The van der Waals surface area contributed by atoms with Gasteiger partial charge in [-0.3, -0.25) is 14.6 Å². The normalized spacial score (nSPS) is 20.0. The molecule has 5 nitrogen and oxygen atoms in total. The highest BCUT2D eigenvalue weighted by Gasteiger charge is 2.40. The van der Waals surface area contributed by atoms with Gasteiger partial charge in [-0.25, -0.2) is 0 Å². The Morgan fingerprint density at radius 2 is 1.90 bits per heavy atom. The van der Waals surface area contributed by atoms with Crippen LogP contribution in [0, 0.1) is 5.92 Å². The van der Waals surface area contributed by atoms with E-state index in [0.717, 1.165) is 55.3 Å². The van der Waals surface area contributed by atoms with Crippen LogP contribution >= 0.6 is 0 Å². The molecule has 1 saturated heterocycles. The summed E-state index contributed by atoms with van der Waals surface area (Å²) >= 11 is 0. The van der Waals surface area contributed by atoms with Crippen molar-refractivity contribution in [2.45, 2.75) is 51.5 Å². The van der Waals surface area contributed by atoms with Crippen LogP contribution in [-0.4, -0.2) is 52.3 Å². The standard InChI is InChI=1S/C25H31N3O2/c1-2-14-27-15-16-28(24(29)19-8-3-4-9-19)23(25(27)30)17-20-10-5-6-12-22(20)21-11-7-13-26-18-21/h5-7,10-13,18-19,23H,2-4,8-9,14-17H2,1H3. The molecule has 1 unspecified atom stereocenters. The summed E-state index contributed by atoms with van der Waals surface area (Å²) in [5.41, 5.74) is 3.21. The van der Waals surface area contributed by atoms with E-state index in [1.807, 2.05) is 40.3 Å². The molecule has 2 fully saturated rings. The molecule has 1 atom stereocenters. The highest BCUT2D eigenvalue weighted by molar-refractivity contribution is 5.90. The number of aromatic nitrogens is 1. The molecule has 0 spiro atoms. The molecule has 2 heterocycles. The monoisotopic (exact) mass is 405 g/mol. The topological polar surface area (TPSA) is 53.5 Å². The summed E-state index contributed by atoms with van der Waals surface area (Å²) in [6, 6.07) is 11.7. The molecule has 1 aromatic heterocycles. The van der Waals surface area contributed by atoms with Crippen LogP contribution in [0.15, 0.2) is 48.8 Å². The van der Waals surface area contributed by atoms with E-state index >= 15 is 0 Å². The van der Waals surface area contributed by atoms with Gasteiger partial charge in [-0.15, -0.1) is 0 Å². The van der Waals surface area contributed by atoms with Gasteiger partial charge < -0.3 is 9.80 Å². The van der Waals surface area contributed by atoms with Gasteiger partial charge in [0.25, 0.3) is 0 Å². The summed E-state index contributed by atoms with van der Waals surface area (Å²) in [5, 5.41) is 0. The first-order valence-corrected chi connectivity index (χ1v) is 11.3. The van der Waals surface area contributed by atoms with E-state index in [2.05, 4.69) is 24.0 Å². The Balaban J connectivity index is 1.64. The second-order valence-corrected chi connectivity index (χ2v) is 8.46. The quantitative estimate of drug-likeness (QED) is 0.732. The Hall–Kier alpha value is -2.69. The molecule has 1 aromatic carbocycles. The van der Waals surface area contributed by atoms with E-state index in [9.17, 15) is 9.59 Å². The number of benzene rings is 1. The van der Waals surface area contributed by atoms with Crippen molar-refractivity contribution in [3.05, 3.63) is 54.4 Å². The minimum Gasteiger partial charge on any atom is -0.339 e. The van der Waals surface area contributed by atoms with Crippen LogP contribution in [0.2, 0.25) is 0 Å². The van der Waals surface area contributed by atoms with Crippen molar-refractivity contribution in [1.29, 1.82) is 0 Å². The fourth-order valence-electron chi connectivity index (χ4n) is 4.91. The molecule has 1 aliphatic heterocycles. The molecule has 0 radical (unpaired) electrons. The summed E-state index contributed by atoms with van der Waals surface area (Å²) in [4.78, 5) is 34.8. The molecule has 0 bridgehead atoms. The van der Waals surface area contributed by atoms with Gasteiger partial charge in [-0.2, -0.15) is 0 Å². The van der Waals surface area contributed by atoms with Crippen molar-refractivity contribution in [2.24, 2.45) is 5.92 Å². The number of hydrogen-bond acceptors (Lipinski definition) is 3. The van der Waals surface area contributed by atoms with E-state index in [1.165, 1.54) is 0 Å². The lowest BCUT2D eigenvalue weighted by molar-refractivity contribution is -0.153. The second-order valence-electron chi connectivity index (χ2n) is 8.46. The number of carbonyl (C=O) groups excluding carboxylic acids is 2. The van der Waals surface area contributed by atoms with Crippen LogP contribution in [-0.2, 0) is 16.0 Å². The molecule has 2 aromatic rings. The molecule has 5 heteroatoms. The maximum atomic E-state index is 13.4. The summed E-state index contributed by atoms with van der Waals surface area (Å²) in [6.07, 6.45) is 9.25. The average molecular weight is 406 g/mol. The zero-order valence-corrected chi connectivity index (χ0v) is 17.8. The van der Waals surface area contributed by atoms with Gasteiger partial charge in [-0.1, -0.05) is 50.1 Å². The summed E-state index contributed by atoms with van der Waals surface area (Å²) in [6.45, 7) is 4.13. The van der Waals surface area contributed by atoms with Gasteiger partial charge in [-0.05, 0) is 36.5 Å². The molecular weight excluding hydrogens is 374 g/mol. The average Bonchev–Trinajstić information content (AvgIpc) is 3.32. The van der Waals surface area contributed by atoms with Crippen molar-refractivity contribution in [3.8, 4) is 11.1 Å². The van der Waals surface area contributed by atoms with Crippen LogP contribution in [0.4, 0.5) is 0 Å². The molecule has 1 saturated carbocycles. The summed E-state index contributed by atoms with van der Waals surface area (Å²) in [7, 11) is 0. The number of nitrogens with zero attached hydrogens (tertiary/aromatic N) is 3. The smallest absolute Gasteiger partial charge is 0.245 e. The number of hydrogen-bond donors (Lipinski definition) is 0. The van der Waals surface area contributed by atoms with Crippen molar-refractivity contribution in [3.63, 3.8) is 0 Å². The van der Waals surface area contributed by atoms with Crippen molar-refractivity contribution in [2.75, 3.05) is 19.6 Å². The van der Waals surface area contributed by atoms with Gasteiger partial charge in [0.05, 0.1) is 0 Å². The van der Waals surface area contributed by atoms with Crippen LogP contribution in [0.5, 0.6) is 0 Å². The van der Waals surface area contributed by atoms with Crippen LogP contribution in [0.1, 0.15) is 44.6 Å². The van der Waals surface area contributed by atoms with Gasteiger partial charge >= 0.3 is 0 Å². The maximum absolute atomic E-state index is 13.4. The molecule has 1 aliphatic carbocycles. The van der Waals surface area contributed by atoms with E-state index in [1.54, 1.807) is 6.20 Å². The predicted octanol–water partition coefficient (Wildman–Crippen LogP) is 3.93. The highest BCUT2D eigenvalue weighted by Crippen LogP contribution is 2.30. The van der Waals surface area contributed by atoms with Crippen molar-refractivity contribution in [1.82, 2.24) is 14.8 Å². The third-order valence-corrected chi connectivity index (χ3v) is 6.47. The van der Waals surface area contributed by atoms with E-state index < -0.39 is 6.04 Å². The van der Waals surface area contributed by atoms with E-state index in [0.29, 0.717) is 19.5 Å². The lowest BCUT2D eigenvalue weighted by Gasteiger charge is -2.42. The Bertz CT molecular complexity index is 877. The van der Waals surface area contributed by atoms with Crippen molar-refractivity contribution < 1.29 is 9.59 Å². The lowest BCUT2D eigenvalue weighted by Crippen LogP contribution is -2.60. The molecule has 2 amide bonds. The van der Waals surface area contributed by atoms with Gasteiger partial charge in [0.2, 0.25) is 11.8 Å². The SMILES string of the molecule is CCCN1CCN(C(=O)C2CCCC2)C(Cc2ccccc2-c2cccnc2)C1=O. The highest BCUT2D eigenvalue weighted by atomic mass is 16.2. The largest absolute Gasteiger partial charge is 0.339 e. The van der Waals surface area contributed by atoms with Crippen LogP contribution in [0.25, 0.3) is 11.1 Å². The Morgan fingerprint density at radius 3 is 2.63 bits per heavy atom. The third-order valence-electron chi connectivity index (χ3n) is 6.47. The number of amides is 2. The van der Waals surface area contributed by atoms with Gasteiger partial charge in [0.15, 0.2) is 0 Å². The molecular formula is C25H31N3O2. The Kier molecular flexibility index (Phi) is 6.46. The lowest BCUT2D eigenvalue weighted by atomic mass is 9.93. The minimum atomic E-state index is -0.420. The number of piperazine rings is 1. The first kappa shape index (κ1) is 20.6.